The molecule has 0 spiro atoms. The van der Waals surface area contributed by atoms with Gasteiger partial charge in [0.25, 0.3) is 0 Å². The van der Waals surface area contributed by atoms with E-state index < -0.39 is 0 Å². The van der Waals surface area contributed by atoms with Gasteiger partial charge in [-0.3, -0.25) is 4.79 Å². The number of carbonyl (C=O) groups is 1. The summed E-state index contributed by atoms with van der Waals surface area (Å²) in [5.41, 5.74) is 1.17. The van der Waals surface area contributed by atoms with E-state index >= 15 is 0 Å². The molecule has 1 aromatic carbocycles. The fourth-order valence-corrected chi connectivity index (χ4v) is 2.09. The van der Waals surface area contributed by atoms with E-state index in [1.165, 1.54) is 18.5 Å². The van der Waals surface area contributed by atoms with Gasteiger partial charge in [0.2, 0.25) is 5.91 Å². The van der Waals surface area contributed by atoms with Crippen LogP contribution in [0.3, 0.4) is 0 Å². The second kappa shape index (κ2) is 10.7. The predicted molar refractivity (Wildman–Crippen MR) is 97.4 cm³/mol. The Morgan fingerprint density at radius 2 is 1.91 bits per heavy atom. The first-order chi connectivity index (χ1) is 9.66. The number of hydrogen-bond acceptors (Lipinski definition) is 3. The molecule has 1 atom stereocenters. The zero-order chi connectivity index (χ0) is 14.4. The number of hydrogen-bond donors (Lipinski definition) is 2. The molecule has 2 rings (SSSR count). The van der Waals surface area contributed by atoms with Crippen molar-refractivity contribution >= 4 is 36.4 Å². The summed E-state index contributed by atoms with van der Waals surface area (Å²) in [6.45, 7) is 4.19. The Balaban J connectivity index is 0.00000220. The summed E-state index contributed by atoms with van der Waals surface area (Å²) >= 11 is 0. The summed E-state index contributed by atoms with van der Waals surface area (Å²) in [5, 5.41) is 6.19. The molecular weight excluding hydrogens is 321 g/mol. The Kier molecular flexibility index (Phi) is 10.2. The number of nitrogens with zero attached hydrogens (tertiary/aromatic N) is 1. The van der Waals surface area contributed by atoms with E-state index in [0.717, 1.165) is 12.5 Å². The molecule has 0 aromatic heterocycles. The van der Waals surface area contributed by atoms with Gasteiger partial charge in [-0.25, -0.2) is 0 Å². The van der Waals surface area contributed by atoms with Crippen LogP contribution in [0.1, 0.15) is 19.8 Å². The van der Waals surface area contributed by atoms with Crippen LogP contribution in [0, 0.1) is 5.92 Å². The van der Waals surface area contributed by atoms with Crippen LogP contribution >= 0.6 is 24.8 Å². The third-order valence-electron chi connectivity index (χ3n) is 3.83. The average molecular weight is 348 g/mol. The summed E-state index contributed by atoms with van der Waals surface area (Å²) in [7, 11) is 2.05. The molecular formula is C16H27Cl2N3O. The standard InChI is InChI=1S/C16H25N3O.2ClH/c1-13(19(2)15-6-4-3-5-7-15)10-18-16(20)12-17-11-14-8-9-14;;/h3-7,13-14,17H,8-12H2,1-2H3,(H,18,20);2*1H. The van der Waals surface area contributed by atoms with Crippen molar-refractivity contribution in [3.8, 4) is 0 Å². The van der Waals surface area contributed by atoms with Gasteiger partial charge in [0.1, 0.15) is 0 Å². The van der Waals surface area contributed by atoms with E-state index in [0.29, 0.717) is 13.1 Å². The molecule has 1 aliphatic rings. The number of amides is 1. The molecule has 4 nitrogen and oxygen atoms in total. The summed E-state index contributed by atoms with van der Waals surface area (Å²) < 4.78 is 0. The van der Waals surface area contributed by atoms with Crippen molar-refractivity contribution in [3.05, 3.63) is 30.3 Å². The second-order valence-electron chi connectivity index (χ2n) is 5.67. The van der Waals surface area contributed by atoms with Gasteiger partial charge < -0.3 is 15.5 Å². The summed E-state index contributed by atoms with van der Waals surface area (Å²) in [5.74, 6) is 0.893. The Morgan fingerprint density at radius 1 is 1.27 bits per heavy atom. The van der Waals surface area contributed by atoms with E-state index in [1.807, 2.05) is 18.2 Å². The Morgan fingerprint density at radius 3 is 2.50 bits per heavy atom. The van der Waals surface area contributed by atoms with Crippen molar-refractivity contribution in [2.24, 2.45) is 5.92 Å². The average Bonchev–Trinajstić information content (AvgIpc) is 3.29. The second-order valence-corrected chi connectivity index (χ2v) is 5.67. The molecule has 0 radical (unpaired) electrons. The van der Waals surface area contributed by atoms with Crippen LogP contribution < -0.4 is 15.5 Å². The first kappa shape index (κ1) is 21.0. The maximum absolute atomic E-state index is 11.7. The third kappa shape index (κ3) is 7.34. The molecule has 1 fully saturated rings. The molecule has 1 aliphatic carbocycles. The van der Waals surface area contributed by atoms with Crippen LogP contribution in [0.4, 0.5) is 5.69 Å². The van der Waals surface area contributed by atoms with Gasteiger partial charge in [0, 0.05) is 25.3 Å². The highest BCUT2D eigenvalue weighted by molar-refractivity contribution is 5.85. The number of carbonyl (C=O) groups excluding carboxylic acids is 1. The lowest BCUT2D eigenvalue weighted by Gasteiger charge is -2.27. The Bertz CT molecular complexity index is 427. The van der Waals surface area contributed by atoms with E-state index in [4.69, 9.17) is 0 Å². The zero-order valence-electron chi connectivity index (χ0n) is 13.2. The summed E-state index contributed by atoms with van der Waals surface area (Å²) in [6.07, 6.45) is 2.63. The van der Waals surface area contributed by atoms with Crippen molar-refractivity contribution in [1.29, 1.82) is 0 Å². The fourth-order valence-electron chi connectivity index (χ4n) is 2.09. The molecule has 1 amide bonds. The molecule has 1 aromatic rings. The number of nitrogens with one attached hydrogen (secondary N) is 2. The maximum Gasteiger partial charge on any atom is 0.234 e. The lowest BCUT2D eigenvalue weighted by atomic mass is 10.2. The first-order valence-corrected chi connectivity index (χ1v) is 7.42. The lowest BCUT2D eigenvalue weighted by Crippen LogP contribution is -2.43. The third-order valence-corrected chi connectivity index (χ3v) is 3.83. The molecule has 0 saturated heterocycles. The quantitative estimate of drug-likeness (QED) is 0.759. The minimum absolute atomic E-state index is 0. The highest BCUT2D eigenvalue weighted by Crippen LogP contribution is 2.27. The number of anilines is 1. The number of likely N-dealkylation sites (N-methyl/N-ethyl adjacent to an activating group) is 1. The van der Waals surface area contributed by atoms with Gasteiger partial charge in [-0.2, -0.15) is 0 Å². The summed E-state index contributed by atoms with van der Waals surface area (Å²) in [4.78, 5) is 13.9. The Labute approximate surface area is 145 Å². The molecule has 0 heterocycles. The van der Waals surface area contributed by atoms with Gasteiger partial charge in [0.15, 0.2) is 0 Å². The monoisotopic (exact) mass is 347 g/mol. The van der Waals surface area contributed by atoms with Gasteiger partial charge in [-0.05, 0) is 44.4 Å². The van der Waals surface area contributed by atoms with Crippen LogP contribution in [0.25, 0.3) is 0 Å². The van der Waals surface area contributed by atoms with E-state index in [2.05, 4.69) is 41.6 Å². The SMILES string of the molecule is CC(CNC(=O)CNCC1CC1)N(C)c1ccccc1.Cl.Cl. The van der Waals surface area contributed by atoms with Crippen LogP contribution in [-0.4, -0.2) is 38.6 Å². The zero-order valence-corrected chi connectivity index (χ0v) is 14.9. The molecule has 0 aliphatic heterocycles. The van der Waals surface area contributed by atoms with Crippen molar-refractivity contribution < 1.29 is 4.79 Å². The normalized spacial score (nSPS) is 14.3. The molecule has 2 N–H and O–H groups in total. The Hall–Kier alpha value is -0.970. The molecule has 22 heavy (non-hydrogen) atoms. The van der Waals surface area contributed by atoms with Crippen molar-refractivity contribution in [2.75, 3.05) is 31.6 Å². The van der Waals surface area contributed by atoms with Crippen LogP contribution in [0.15, 0.2) is 30.3 Å². The van der Waals surface area contributed by atoms with Crippen molar-refractivity contribution in [2.45, 2.75) is 25.8 Å². The fraction of sp³-hybridized carbons (Fsp3) is 0.562. The van der Waals surface area contributed by atoms with Crippen LogP contribution in [0.2, 0.25) is 0 Å². The molecule has 126 valence electrons. The van der Waals surface area contributed by atoms with E-state index in [9.17, 15) is 4.79 Å². The highest BCUT2D eigenvalue weighted by Gasteiger charge is 2.20. The highest BCUT2D eigenvalue weighted by atomic mass is 35.5. The predicted octanol–water partition coefficient (Wildman–Crippen LogP) is 2.47. The van der Waals surface area contributed by atoms with Gasteiger partial charge in [0.05, 0.1) is 6.54 Å². The number of halogens is 2. The minimum atomic E-state index is 0. The van der Waals surface area contributed by atoms with Gasteiger partial charge in [-0.15, -0.1) is 24.8 Å². The first-order valence-electron chi connectivity index (χ1n) is 7.42. The topological polar surface area (TPSA) is 44.4 Å². The number of benzene rings is 1. The molecule has 1 saturated carbocycles. The molecule has 6 heteroatoms. The minimum Gasteiger partial charge on any atom is -0.370 e. The lowest BCUT2D eigenvalue weighted by molar-refractivity contribution is -0.120. The van der Waals surface area contributed by atoms with Crippen molar-refractivity contribution in [3.63, 3.8) is 0 Å². The van der Waals surface area contributed by atoms with Gasteiger partial charge >= 0.3 is 0 Å². The largest absolute Gasteiger partial charge is 0.370 e. The number of para-hydroxylation sites is 1. The molecule has 0 bridgehead atoms. The van der Waals surface area contributed by atoms with Crippen LogP contribution in [0.5, 0.6) is 0 Å². The smallest absolute Gasteiger partial charge is 0.234 e. The number of rotatable bonds is 8. The molecule has 1 unspecified atom stereocenters. The van der Waals surface area contributed by atoms with Gasteiger partial charge in [-0.1, -0.05) is 18.2 Å². The summed E-state index contributed by atoms with van der Waals surface area (Å²) in [6, 6.07) is 10.5. The van der Waals surface area contributed by atoms with E-state index in [1.54, 1.807) is 0 Å². The maximum atomic E-state index is 11.7. The van der Waals surface area contributed by atoms with E-state index in [-0.39, 0.29) is 36.8 Å². The van der Waals surface area contributed by atoms with Crippen molar-refractivity contribution in [1.82, 2.24) is 10.6 Å². The van der Waals surface area contributed by atoms with Crippen LogP contribution in [-0.2, 0) is 4.79 Å².